The van der Waals surface area contributed by atoms with E-state index in [1.54, 1.807) is 13.4 Å². The summed E-state index contributed by atoms with van der Waals surface area (Å²) in [4.78, 5) is 4.10. The lowest BCUT2D eigenvalue weighted by Gasteiger charge is -2.06. The second kappa shape index (κ2) is 9.04. The van der Waals surface area contributed by atoms with Gasteiger partial charge in [-0.05, 0) is 31.9 Å². The van der Waals surface area contributed by atoms with E-state index in [-0.39, 0.29) is 0 Å². The Balaban J connectivity index is 1.99. The van der Waals surface area contributed by atoms with Gasteiger partial charge in [-0.3, -0.25) is 0 Å². The third-order valence-corrected chi connectivity index (χ3v) is 3.96. The van der Waals surface area contributed by atoms with Crippen LogP contribution in [0.5, 0.6) is 0 Å². The number of halogens is 2. The van der Waals surface area contributed by atoms with Crippen LogP contribution in [0.25, 0.3) is 0 Å². The molecule has 0 aromatic carbocycles. The first-order valence-electron chi connectivity index (χ1n) is 5.26. The fourth-order valence-electron chi connectivity index (χ4n) is 1.13. The third-order valence-electron chi connectivity index (χ3n) is 2.01. The van der Waals surface area contributed by atoms with Gasteiger partial charge >= 0.3 is 0 Å². The normalized spacial score (nSPS) is 11.0. The number of nitrogens with zero attached hydrogens (tertiary/aromatic N) is 2. The van der Waals surface area contributed by atoms with Gasteiger partial charge in [-0.25, -0.2) is 4.98 Å². The van der Waals surface area contributed by atoms with Gasteiger partial charge in [0.05, 0.1) is 39.4 Å². The van der Waals surface area contributed by atoms with Crippen LogP contribution in [-0.4, -0.2) is 49.7 Å². The molecule has 0 aliphatic carbocycles. The summed E-state index contributed by atoms with van der Waals surface area (Å²) in [5, 5.41) is 0. The van der Waals surface area contributed by atoms with Gasteiger partial charge in [0.25, 0.3) is 0 Å². The quantitative estimate of drug-likeness (QED) is 0.623. The Labute approximate surface area is 118 Å². The molecule has 5 nitrogen and oxygen atoms in total. The molecule has 0 atom stereocenters. The first-order chi connectivity index (χ1) is 8.25. The van der Waals surface area contributed by atoms with E-state index in [4.69, 9.17) is 14.2 Å². The van der Waals surface area contributed by atoms with Gasteiger partial charge in [-0.15, -0.1) is 0 Å². The molecular weight excluding hydrogens is 356 g/mol. The number of imidazole rings is 1. The molecule has 0 aliphatic rings. The molecule has 98 valence electrons. The molecule has 1 aromatic rings. The zero-order valence-corrected chi connectivity index (χ0v) is 12.9. The molecule has 17 heavy (non-hydrogen) atoms. The van der Waals surface area contributed by atoms with E-state index in [2.05, 4.69) is 36.8 Å². The van der Waals surface area contributed by atoms with Gasteiger partial charge in [-0.2, -0.15) is 0 Å². The van der Waals surface area contributed by atoms with Gasteiger partial charge in [0.15, 0.2) is 0 Å². The zero-order chi connectivity index (χ0) is 12.5. The van der Waals surface area contributed by atoms with Crippen molar-refractivity contribution < 1.29 is 14.2 Å². The number of rotatable bonds is 9. The fraction of sp³-hybridized carbons (Fsp3) is 0.700. The summed E-state index contributed by atoms with van der Waals surface area (Å²) in [6, 6.07) is 0. The highest BCUT2D eigenvalue weighted by molar-refractivity contribution is 9.13. The highest BCUT2D eigenvalue weighted by Gasteiger charge is 2.03. The van der Waals surface area contributed by atoms with Gasteiger partial charge < -0.3 is 18.8 Å². The van der Waals surface area contributed by atoms with Gasteiger partial charge in [0.2, 0.25) is 0 Å². The number of aromatic nitrogens is 2. The van der Waals surface area contributed by atoms with E-state index in [1.807, 2.05) is 4.57 Å². The predicted octanol–water partition coefficient (Wildman–Crippen LogP) is 2.09. The lowest BCUT2D eigenvalue weighted by Crippen LogP contribution is -2.11. The summed E-state index contributed by atoms with van der Waals surface area (Å²) >= 11 is 6.74. The molecule has 0 N–H and O–H groups in total. The first-order valence-corrected chi connectivity index (χ1v) is 6.85. The van der Waals surface area contributed by atoms with Crippen molar-refractivity contribution in [3.05, 3.63) is 15.5 Å². The van der Waals surface area contributed by atoms with Crippen molar-refractivity contribution >= 4 is 31.9 Å². The van der Waals surface area contributed by atoms with Crippen LogP contribution in [0.1, 0.15) is 0 Å². The smallest absolute Gasteiger partial charge is 0.138 e. The Morgan fingerprint density at radius 1 is 1.12 bits per heavy atom. The maximum Gasteiger partial charge on any atom is 0.138 e. The first kappa shape index (κ1) is 15.1. The molecule has 0 aliphatic heterocycles. The fourth-order valence-corrected chi connectivity index (χ4v) is 1.82. The van der Waals surface area contributed by atoms with Crippen LogP contribution >= 0.6 is 31.9 Å². The Morgan fingerprint density at radius 2 is 1.76 bits per heavy atom. The zero-order valence-electron chi connectivity index (χ0n) is 9.70. The highest BCUT2D eigenvalue weighted by Crippen LogP contribution is 2.20. The maximum atomic E-state index is 5.43. The van der Waals surface area contributed by atoms with E-state index < -0.39 is 0 Å². The Bertz CT molecular complexity index is 320. The molecule has 0 fully saturated rings. The molecule has 0 bridgehead atoms. The van der Waals surface area contributed by atoms with Crippen molar-refractivity contribution in [1.29, 1.82) is 0 Å². The lowest BCUT2D eigenvalue weighted by atomic mass is 10.6. The van der Waals surface area contributed by atoms with E-state index in [0.717, 1.165) is 15.8 Å². The van der Waals surface area contributed by atoms with Crippen molar-refractivity contribution in [2.75, 3.05) is 40.1 Å². The van der Waals surface area contributed by atoms with Crippen LogP contribution in [0.4, 0.5) is 0 Å². The number of methoxy groups -OCH3 is 1. The van der Waals surface area contributed by atoms with Crippen molar-refractivity contribution in [1.82, 2.24) is 9.55 Å². The molecule has 0 saturated carbocycles. The molecule has 1 rings (SSSR count). The topological polar surface area (TPSA) is 45.5 Å². The van der Waals surface area contributed by atoms with Crippen molar-refractivity contribution in [3.63, 3.8) is 0 Å². The standard InChI is InChI=1S/C10H16Br2N2O3/c1-15-4-5-17-7-6-16-3-2-14-8-13-9(11)10(14)12/h8H,2-7H2,1H3. The van der Waals surface area contributed by atoms with Crippen molar-refractivity contribution in [3.8, 4) is 0 Å². The molecule has 0 spiro atoms. The summed E-state index contributed by atoms with van der Waals surface area (Å²) in [6.45, 7) is 3.82. The number of ether oxygens (including phenoxy) is 3. The maximum absolute atomic E-state index is 5.43. The molecule has 0 radical (unpaired) electrons. The average molecular weight is 372 g/mol. The van der Waals surface area contributed by atoms with Gasteiger partial charge in [-0.1, -0.05) is 0 Å². The van der Waals surface area contributed by atoms with Gasteiger partial charge in [0, 0.05) is 13.7 Å². The molecule has 1 heterocycles. The predicted molar refractivity (Wildman–Crippen MR) is 71.1 cm³/mol. The van der Waals surface area contributed by atoms with Crippen molar-refractivity contribution in [2.45, 2.75) is 6.54 Å². The minimum atomic E-state index is 0.594. The van der Waals surface area contributed by atoms with E-state index in [9.17, 15) is 0 Å². The third kappa shape index (κ3) is 5.96. The summed E-state index contributed by atoms with van der Waals surface area (Å²) in [6.07, 6.45) is 1.76. The largest absolute Gasteiger partial charge is 0.382 e. The SMILES string of the molecule is COCCOCCOCCn1cnc(Br)c1Br. The Hall–Kier alpha value is 0.0500. The van der Waals surface area contributed by atoms with Crippen LogP contribution < -0.4 is 0 Å². The molecule has 0 saturated heterocycles. The summed E-state index contributed by atoms with van der Waals surface area (Å²) in [7, 11) is 1.65. The lowest BCUT2D eigenvalue weighted by molar-refractivity contribution is 0.0229. The monoisotopic (exact) mass is 370 g/mol. The average Bonchev–Trinajstić information content (AvgIpc) is 2.64. The van der Waals surface area contributed by atoms with Crippen LogP contribution in [0.3, 0.4) is 0 Å². The Morgan fingerprint density at radius 3 is 2.35 bits per heavy atom. The minimum absolute atomic E-state index is 0.594. The van der Waals surface area contributed by atoms with Crippen LogP contribution in [0.2, 0.25) is 0 Å². The van der Waals surface area contributed by atoms with E-state index in [1.165, 1.54) is 0 Å². The van der Waals surface area contributed by atoms with Crippen LogP contribution in [0.15, 0.2) is 15.5 Å². The molecule has 0 unspecified atom stereocenters. The van der Waals surface area contributed by atoms with Gasteiger partial charge in [0.1, 0.15) is 9.21 Å². The second-order valence-electron chi connectivity index (χ2n) is 3.24. The number of hydrogen-bond donors (Lipinski definition) is 0. The number of hydrogen-bond acceptors (Lipinski definition) is 4. The van der Waals surface area contributed by atoms with Crippen molar-refractivity contribution in [2.24, 2.45) is 0 Å². The summed E-state index contributed by atoms with van der Waals surface area (Å²) in [5.41, 5.74) is 0. The van der Waals surface area contributed by atoms with E-state index >= 15 is 0 Å². The van der Waals surface area contributed by atoms with Crippen LogP contribution in [-0.2, 0) is 20.8 Å². The highest BCUT2D eigenvalue weighted by atomic mass is 79.9. The molecule has 0 amide bonds. The molecular formula is C10H16Br2N2O3. The summed E-state index contributed by atoms with van der Waals surface area (Å²) < 4.78 is 19.3. The minimum Gasteiger partial charge on any atom is -0.382 e. The summed E-state index contributed by atoms with van der Waals surface area (Å²) in [5.74, 6) is 0. The second-order valence-corrected chi connectivity index (χ2v) is 4.74. The molecule has 7 heteroatoms. The Kier molecular flexibility index (Phi) is 8.04. The molecule has 1 aromatic heterocycles. The van der Waals surface area contributed by atoms with E-state index in [0.29, 0.717) is 33.0 Å². The van der Waals surface area contributed by atoms with Crippen LogP contribution in [0, 0.1) is 0 Å².